The minimum absolute atomic E-state index is 0.0356. The molecule has 8 rings (SSSR count). The largest absolute Gasteiger partial charge is 0.465 e. The second-order valence-corrected chi connectivity index (χ2v) is 23.0. The van der Waals surface area contributed by atoms with E-state index >= 15 is 0 Å². The minimum Gasteiger partial charge on any atom is -0.465 e. The maximum atomic E-state index is 14.8. The fourth-order valence-electron chi connectivity index (χ4n) is 14.7. The van der Waals surface area contributed by atoms with Crippen molar-refractivity contribution >= 4 is 35.2 Å². The number of primary amides is 1. The lowest BCUT2D eigenvalue weighted by Gasteiger charge is -2.59. The molecule has 7 aliphatic rings. The smallest absolute Gasteiger partial charge is 0.407 e. The number of hydrogen-bond acceptors (Lipinski definition) is 12. The molecule has 0 unspecified atom stereocenters. The van der Waals surface area contributed by atoms with Crippen molar-refractivity contribution in [3.63, 3.8) is 0 Å². The van der Waals surface area contributed by atoms with E-state index in [0.717, 1.165) is 51.0 Å². The number of fused-ring (bicyclic) bond motifs is 7. The predicted molar refractivity (Wildman–Crippen MR) is 285 cm³/mol. The third-order valence-corrected chi connectivity index (χ3v) is 18.7. The first-order chi connectivity index (χ1) is 35.7. The molecule has 1 aromatic rings. The quantitative estimate of drug-likeness (QED) is 0.118. The van der Waals surface area contributed by atoms with Gasteiger partial charge in [0.15, 0.2) is 6.10 Å². The zero-order chi connectivity index (χ0) is 54.0. The van der Waals surface area contributed by atoms with Gasteiger partial charge in [0.1, 0.15) is 6.10 Å². The van der Waals surface area contributed by atoms with Gasteiger partial charge in [0, 0.05) is 89.0 Å². The van der Waals surface area contributed by atoms with Crippen LogP contribution in [0.15, 0.2) is 101 Å². The van der Waals surface area contributed by atoms with Crippen molar-refractivity contribution in [3.05, 3.63) is 106 Å². The van der Waals surface area contributed by atoms with Crippen LogP contribution in [0.4, 0.5) is 9.59 Å². The van der Waals surface area contributed by atoms with E-state index < -0.39 is 59.5 Å². The summed E-state index contributed by atoms with van der Waals surface area (Å²) in [4.78, 5) is 74.6. The maximum Gasteiger partial charge on any atom is 0.407 e. The van der Waals surface area contributed by atoms with Crippen LogP contribution in [0.1, 0.15) is 105 Å². The zero-order valence-electron chi connectivity index (χ0n) is 45.2. The summed E-state index contributed by atoms with van der Waals surface area (Å²) in [6, 6.07) is 4.23. The predicted octanol–water partition coefficient (Wildman–Crippen LogP) is 7.68. The van der Waals surface area contributed by atoms with Gasteiger partial charge in [-0.05, 0) is 135 Å². The molecule has 2 aliphatic heterocycles. The van der Waals surface area contributed by atoms with Gasteiger partial charge in [-0.25, -0.2) is 9.59 Å². The Labute approximate surface area is 442 Å². The summed E-state index contributed by atoms with van der Waals surface area (Å²) in [5.74, 6) is -0.995. The number of nitrogens with zero attached hydrogens (tertiary/aromatic N) is 3. The number of aromatic nitrogens is 1. The van der Waals surface area contributed by atoms with Gasteiger partial charge in [-0.3, -0.25) is 24.3 Å². The normalized spacial score (nSPS) is 37.0. The van der Waals surface area contributed by atoms with Gasteiger partial charge in [0.25, 0.3) is 5.91 Å². The molecule has 3 amide bonds. The average Bonchev–Trinajstić information content (AvgIpc) is 3.75. The number of carboxylic acid groups (broad SMARTS) is 1. The molecule has 0 spiro atoms. The molecule has 1 aromatic heterocycles. The SMILES string of the molecule is CO[C@H]1/C=C\C=C(/C)C(=O)NC2=CC(=O)C(NCCN3CCN(C(=O)O)CC3)=C(C[C@@H](C)C[C@](OC)([C@H]3CC[C@@]4(C)C(=CC[C@@H]5[C@@H]4CC[C@]4(C)C(c6cccnc6)=CC[C@@H]54)C3)[C@@H](O)[C@@H](C)/C=C(\C)[C@@H]1OC(N)=O)C2=O. The highest BCUT2D eigenvalue weighted by Gasteiger charge is 2.59. The molecule has 16 heteroatoms. The molecule has 12 atom stereocenters. The molecule has 0 radical (unpaired) electrons. The van der Waals surface area contributed by atoms with Gasteiger partial charge in [-0.1, -0.05) is 75.8 Å². The van der Waals surface area contributed by atoms with Gasteiger partial charge >= 0.3 is 12.2 Å². The van der Waals surface area contributed by atoms with Gasteiger partial charge in [-0.15, -0.1) is 0 Å². The number of nitrogens with two attached hydrogens (primary N) is 1. The third-order valence-electron chi connectivity index (χ3n) is 18.7. The molecule has 6 N–H and O–H groups in total. The number of rotatable bonds is 9. The van der Waals surface area contributed by atoms with E-state index in [1.54, 1.807) is 26.2 Å². The maximum absolute atomic E-state index is 14.8. The molecule has 406 valence electrons. The average molecular weight is 1030 g/mol. The third kappa shape index (κ3) is 11.1. The van der Waals surface area contributed by atoms with Crippen molar-refractivity contribution in [1.29, 1.82) is 0 Å². The van der Waals surface area contributed by atoms with Crippen LogP contribution in [0.2, 0.25) is 0 Å². The van der Waals surface area contributed by atoms with Crippen molar-refractivity contribution in [3.8, 4) is 0 Å². The number of methoxy groups -OCH3 is 2. The van der Waals surface area contributed by atoms with E-state index in [-0.39, 0.29) is 51.6 Å². The monoisotopic (exact) mass is 1030 g/mol. The van der Waals surface area contributed by atoms with Crippen LogP contribution in [0.5, 0.6) is 0 Å². The lowest BCUT2D eigenvalue weighted by atomic mass is 9.46. The number of aliphatic hydroxyl groups excluding tert-OH is 1. The van der Waals surface area contributed by atoms with Crippen molar-refractivity contribution in [1.82, 2.24) is 25.4 Å². The number of carbonyl (C=O) groups is 5. The molecule has 16 nitrogen and oxygen atoms in total. The number of Topliss-reactive ketones (excluding diaryl/α,β-unsaturated/α-hetero) is 1. The molecular weight excluding hydrogens is 953 g/mol. The van der Waals surface area contributed by atoms with Gasteiger partial charge < -0.3 is 45.7 Å². The van der Waals surface area contributed by atoms with Crippen LogP contribution in [0, 0.1) is 46.3 Å². The summed E-state index contributed by atoms with van der Waals surface area (Å²) in [7, 11) is 3.13. The highest BCUT2D eigenvalue weighted by molar-refractivity contribution is 6.23. The molecule has 3 heterocycles. The summed E-state index contributed by atoms with van der Waals surface area (Å²) < 4.78 is 18.4. The lowest BCUT2D eigenvalue weighted by Crippen LogP contribution is -2.57. The number of hydrogen-bond donors (Lipinski definition) is 5. The summed E-state index contributed by atoms with van der Waals surface area (Å²) in [6.45, 7) is 14.9. The molecule has 1 saturated heterocycles. The van der Waals surface area contributed by atoms with Gasteiger partial charge in [0.05, 0.1) is 23.1 Å². The first kappa shape index (κ1) is 55.5. The van der Waals surface area contributed by atoms with Gasteiger partial charge in [0.2, 0.25) is 11.6 Å². The minimum atomic E-state index is -1.17. The number of ether oxygens (including phenoxy) is 3. The number of pyridine rings is 1. The second-order valence-electron chi connectivity index (χ2n) is 23.0. The van der Waals surface area contributed by atoms with Crippen LogP contribution >= 0.6 is 0 Å². The number of aliphatic hydroxyl groups is 1. The van der Waals surface area contributed by atoms with Crippen molar-refractivity contribution < 1.29 is 48.4 Å². The van der Waals surface area contributed by atoms with E-state index in [0.29, 0.717) is 69.0 Å². The van der Waals surface area contributed by atoms with Crippen LogP contribution in [-0.4, -0.2) is 132 Å². The van der Waals surface area contributed by atoms with E-state index in [1.165, 1.54) is 34.8 Å². The Morgan fingerprint density at radius 2 is 1.73 bits per heavy atom. The fourth-order valence-corrected chi connectivity index (χ4v) is 14.7. The highest BCUT2D eigenvalue weighted by Crippen LogP contribution is 2.67. The van der Waals surface area contributed by atoms with Crippen LogP contribution in [-0.2, 0) is 28.6 Å². The first-order valence-electron chi connectivity index (χ1n) is 27.1. The molecular formula is C59H80N6O10. The number of carbonyl (C=O) groups excluding carboxylic acids is 4. The topological polar surface area (TPSA) is 223 Å². The number of piperazine rings is 1. The first-order valence-corrected chi connectivity index (χ1v) is 27.1. The molecule has 75 heavy (non-hydrogen) atoms. The number of allylic oxidation sites excluding steroid dienone is 8. The van der Waals surface area contributed by atoms with Gasteiger partial charge in [-0.2, -0.15) is 0 Å². The standard InChI is InChI=1S/C59H80N6O10/c1-35-29-43-50(62-23-24-64-25-27-65(28-26-64)56(71)72)48(66)32-47(51(43)67)63-54(69)36(2)11-9-13-49(73-7)52(75-55(60)70)37(3)30-38(4)53(68)59(33-35,74-8)41-18-20-57(5)40(31-41)14-15-42-45-17-16-44(39-12-10-22-61-34-39)58(45,6)21-19-46(42)57/h9-14,16,22,30,32,34-35,38,41-42,45-46,49,52-53,62,68H,15,17-21,23-29,31,33H2,1-8H3,(H2,60,70)(H,63,69)(H,71,72)/b13-9-,36-11+,37-30+/t35-,38+,41+,42+,45+,46+,49+,52+,53+,57+,58-,59+/m1/s1. The molecule has 3 fully saturated rings. The lowest BCUT2D eigenvalue weighted by molar-refractivity contribution is -0.169. The van der Waals surface area contributed by atoms with Crippen molar-refractivity contribution in [2.24, 2.45) is 52.1 Å². The number of nitrogens with one attached hydrogen (secondary N) is 2. The van der Waals surface area contributed by atoms with E-state index in [2.05, 4.69) is 52.6 Å². The highest BCUT2D eigenvalue weighted by atomic mass is 16.6. The second kappa shape index (κ2) is 22.9. The summed E-state index contributed by atoms with van der Waals surface area (Å²) in [6.07, 6.45) is 18.9. The fraction of sp³-hybridized carbons (Fsp3) is 0.593. The number of amides is 3. The van der Waals surface area contributed by atoms with Crippen LogP contribution in [0.25, 0.3) is 5.57 Å². The molecule has 0 aromatic carbocycles. The van der Waals surface area contributed by atoms with E-state index in [1.807, 2.05) is 45.3 Å². The molecule has 2 saturated carbocycles. The van der Waals surface area contributed by atoms with E-state index in [4.69, 9.17) is 19.9 Å². The molecule has 2 bridgehead atoms. The van der Waals surface area contributed by atoms with Crippen LogP contribution < -0.4 is 16.4 Å². The van der Waals surface area contributed by atoms with Crippen molar-refractivity contribution in [2.45, 2.75) is 123 Å². The van der Waals surface area contributed by atoms with Crippen molar-refractivity contribution in [2.75, 3.05) is 53.5 Å². The zero-order valence-corrected chi connectivity index (χ0v) is 45.2. The Morgan fingerprint density at radius 3 is 2.41 bits per heavy atom. The van der Waals surface area contributed by atoms with E-state index in [9.17, 15) is 34.2 Å². The molecule has 5 aliphatic carbocycles. The Bertz CT molecular complexity index is 2590. The Balaban J connectivity index is 1.14. The number of ketones is 2. The Kier molecular flexibility index (Phi) is 16.9. The summed E-state index contributed by atoms with van der Waals surface area (Å²) in [5, 5.41) is 28.6. The van der Waals surface area contributed by atoms with Crippen LogP contribution in [0.3, 0.4) is 0 Å². The Hall–Kier alpha value is -5.68. The summed E-state index contributed by atoms with van der Waals surface area (Å²) in [5.41, 5.74) is 9.66. The summed E-state index contributed by atoms with van der Waals surface area (Å²) >= 11 is 0. The Morgan fingerprint density at radius 1 is 0.987 bits per heavy atom.